The third kappa shape index (κ3) is 4.17. The van der Waals surface area contributed by atoms with Crippen LogP contribution in [0.1, 0.15) is 53.4 Å². The molecule has 0 aliphatic carbocycles. The fourth-order valence-corrected chi connectivity index (χ4v) is 3.04. The number of unbranched alkanes of at least 4 members (excludes halogenated alkanes) is 1. The van der Waals surface area contributed by atoms with Gasteiger partial charge in [-0.1, -0.05) is 19.1 Å². The van der Waals surface area contributed by atoms with Crippen molar-refractivity contribution in [1.82, 2.24) is 5.32 Å². The molecule has 1 aliphatic heterocycles. The normalized spacial score (nSPS) is 23.9. The number of aliphatic imine (C=N–C) groups is 1. The first kappa shape index (κ1) is 16.9. The van der Waals surface area contributed by atoms with Crippen molar-refractivity contribution < 1.29 is 9.28 Å². The molecule has 0 bridgehead atoms. The summed E-state index contributed by atoms with van der Waals surface area (Å²) in [6.07, 6.45) is 8.99. The van der Waals surface area contributed by atoms with Crippen molar-refractivity contribution in [3.05, 3.63) is 12.2 Å². The highest BCUT2D eigenvalue weighted by Crippen LogP contribution is 2.22. The van der Waals surface area contributed by atoms with E-state index in [9.17, 15) is 4.79 Å². The summed E-state index contributed by atoms with van der Waals surface area (Å²) in [5.74, 6) is 1.30. The summed E-state index contributed by atoms with van der Waals surface area (Å²) in [6.45, 7) is 10.9. The van der Waals surface area contributed by atoms with Gasteiger partial charge in [-0.3, -0.25) is 9.28 Å². The standard InChI is InChI=1S/C16H29N3O/c1-5-7-8-9-10-11-16-17-12-13-19(16,6-2)14(3)18-15(4)20/h7-8,14H,5-6,9-13H2,1-4H3/p+1/b8-7+. The largest absolute Gasteiger partial charge is 0.307 e. The van der Waals surface area contributed by atoms with Gasteiger partial charge in [0.2, 0.25) is 5.91 Å². The van der Waals surface area contributed by atoms with Gasteiger partial charge in [-0.15, -0.1) is 0 Å². The molecule has 0 aromatic rings. The van der Waals surface area contributed by atoms with Crippen molar-refractivity contribution in [1.29, 1.82) is 0 Å². The number of allylic oxidation sites excluding steroid dienone is 2. The number of quaternary nitrogens is 1. The van der Waals surface area contributed by atoms with Crippen molar-refractivity contribution in [2.24, 2.45) is 4.99 Å². The van der Waals surface area contributed by atoms with Crippen LogP contribution in [0.15, 0.2) is 17.1 Å². The van der Waals surface area contributed by atoms with Gasteiger partial charge in [-0.25, -0.2) is 4.99 Å². The Balaban J connectivity index is 2.63. The second-order valence-corrected chi connectivity index (χ2v) is 5.52. The Hall–Kier alpha value is -1.16. The van der Waals surface area contributed by atoms with Gasteiger partial charge in [-0.05, 0) is 26.2 Å². The average Bonchev–Trinajstić information content (AvgIpc) is 2.82. The summed E-state index contributed by atoms with van der Waals surface area (Å²) in [6, 6.07) is 0. The lowest BCUT2D eigenvalue weighted by atomic mass is 10.1. The smallest absolute Gasteiger partial charge is 0.221 e. The highest BCUT2D eigenvalue weighted by atomic mass is 16.1. The maximum absolute atomic E-state index is 11.3. The minimum atomic E-state index is 0.0422. The number of carbonyl (C=O) groups excluding carboxylic acids is 1. The zero-order valence-electron chi connectivity index (χ0n) is 13.5. The van der Waals surface area contributed by atoms with E-state index in [1.165, 1.54) is 5.84 Å². The van der Waals surface area contributed by atoms with E-state index in [0.717, 1.165) is 49.8 Å². The Morgan fingerprint density at radius 3 is 2.80 bits per heavy atom. The molecule has 0 aromatic heterocycles. The molecule has 2 atom stereocenters. The molecule has 0 spiro atoms. The van der Waals surface area contributed by atoms with E-state index < -0.39 is 0 Å². The minimum Gasteiger partial charge on any atom is -0.307 e. The quantitative estimate of drug-likeness (QED) is 0.414. The SMILES string of the molecule is CC/C=C/CCCC1=NCC[N+]1(CC)C(C)NC(C)=O. The van der Waals surface area contributed by atoms with Crippen molar-refractivity contribution in [2.45, 2.75) is 59.5 Å². The van der Waals surface area contributed by atoms with E-state index in [2.05, 4.69) is 38.2 Å². The van der Waals surface area contributed by atoms with Gasteiger partial charge in [0.1, 0.15) is 6.54 Å². The lowest BCUT2D eigenvalue weighted by molar-refractivity contribution is -0.861. The molecule has 0 fully saturated rings. The van der Waals surface area contributed by atoms with Gasteiger partial charge in [0, 0.05) is 20.3 Å². The number of carbonyl (C=O) groups is 1. The van der Waals surface area contributed by atoms with Crippen LogP contribution in [-0.4, -0.2) is 42.0 Å². The van der Waals surface area contributed by atoms with Crippen LogP contribution >= 0.6 is 0 Å². The Labute approximate surface area is 123 Å². The van der Waals surface area contributed by atoms with Gasteiger partial charge in [0.25, 0.3) is 0 Å². The number of hydrogen-bond acceptors (Lipinski definition) is 2. The lowest BCUT2D eigenvalue weighted by Crippen LogP contribution is -2.62. The van der Waals surface area contributed by atoms with E-state index in [-0.39, 0.29) is 12.1 Å². The third-order valence-electron chi connectivity index (χ3n) is 4.20. The highest BCUT2D eigenvalue weighted by molar-refractivity contribution is 5.78. The van der Waals surface area contributed by atoms with Crippen LogP contribution in [0, 0.1) is 0 Å². The maximum atomic E-state index is 11.3. The van der Waals surface area contributed by atoms with Gasteiger partial charge < -0.3 is 5.32 Å². The van der Waals surface area contributed by atoms with Crippen molar-refractivity contribution >= 4 is 11.7 Å². The topological polar surface area (TPSA) is 41.5 Å². The number of nitrogens with zero attached hydrogens (tertiary/aromatic N) is 2. The van der Waals surface area contributed by atoms with E-state index >= 15 is 0 Å². The molecule has 0 saturated heterocycles. The summed E-state index contributed by atoms with van der Waals surface area (Å²) < 4.78 is 0.830. The summed E-state index contributed by atoms with van der Waals surface area (Å²) in [5, 5.41) is 3.06. The monoisotopic (exact) mass is 280 g/mol. The van der Waals surface area contributed by atoms with Gasteiger partial charge in [0.05, 0.1) is 13.1 Å². The Bertz CT molecular complexity index is 376. The summed E-state index contributed by atoms with van der Waals surface area (Å²) in [7, 11) is 0. The van der Waals surface area contributed by atoms with Crippen LogP contribution in [0.5, 0.6) is 0 Å². The van der Waals surface area contributed by atoms with Gasteiger partial charge >= 0.3 is 0 Å². The number of amides is 1. The molecule has 1 rings (SSSR count). The first-order valence-electron chi connectivity index (χ1n) is 7.89. The third-order valence-corrected chi connectivity index (χ3v) is 4.20. The molecule has 20 heavy (non-hydrogen) atoms. The van der Waals surface area contributed by atoms with Gasteiger partial charge in [-0.2, -0.15) is 0 Å². The number of amidine groups is 1. The van der Waals surface area contributed by atoms with Gasteiger partial charge in [0.15, 0.2) is 12.0 Å². The lowest BCUT2D eigenvalue weighted by Gasteiger charge is -2.39. The van der Waals surface area contributed by atoms with Crippen molar-refractivity contribution in [2.75, 3.05) is 19.6 Å². The zero-order valence-corrected chi connectivity index (χ0v) is 13.5. The van der Waals surface area contributed by atoms with Crippen LogP contribution in [0.3, 0.4) is 0 Å². The minimum absolute atomic E-state index is 0.0422. The molecule has 0 aromatic carbocycles. The summed E-state index contributed by atoms with van der Waals surface area (Å²) >= 11 is 0. The molecule has 0 radical (unpaired) electrons. The van der Waals surface area contributed by atoms with Crippen LogP contribution in [0.4, 0.5) is 0 Å². The molecular formula is C16H30N3O+. The molecule has 4 nitrogen and oxygen atoms in total. The maximum Gasteiger partial charge on any atom is 0.221 e. The molecule has 0 saturated carbocycles. The first-order chi connectivity index (χ1) is 9.56. The Morgan fingerprint density at radius 1 is 1.45 bits per heavy atom. The number of hydrogen-bond donors (Lipinski definition) is 1. The van der Waals surface area contributed by atoms with Crippen molar-refractivity contribution in [3.8, 4) is 0 Å². The average molecular weight is 280 g/mol. The highest BCUT2D eigenvalue weighted by Gasteiger charge is 2.41. The summed E-state index contributed by atoms with van der Waals surface area (Å²) in [4.78, 5) is 16.1. The Kier molecular flexibility index (Phi) is 6.93. The zero-order chi connectivity index (χ0) is 15.0. The predicted octanol–water partition coefficient (Wildman–Crippen LogP) is 2.85. The van der Waals surface area contributed by atoms with Crippen LogP contribution in [-0.2, 0) is 4.79 Å². The second-order valence-electron chi connectivity index (χ2n) is 5.52. The fourth-order valence-electron chi connectivity index (χ4n) is 3.04. The van der Waals surface area contributed by atoms with Crippen LogP contribution < -0.4 is 5.32 Å². The van der Waals surface area contributed by atoms with E-state index in [0.29, 0.717) is 0 Å². The van der Waals surface area contributed by atoms with Crippen LogP contribution in [0.25, 0.3) is 0 Å². The molecule has 1 N–H and O–H groups in total. The summed E-state index contributed by atoms with van der Waals surface area (Å²) in [5.41, 5.74) is 0. The molecular weight excluding hydrogens is 250 g/mol. The molecule has 4 heteroatoms. The molecule has 1 aliphatic rings. The number of nitrogens with one attached hydrogen (secondary N) is 1. The predicted molar refractivity (Wildman–Crippen MR) is 84.5 cm³/mol. The first-order valence-corrected chi connectivity index (χ1v) is 7.89. The van der Waals surface area contributed by atoms with Crippen LogP contribution in [0.2, 0.25) is 0 Å². The second kappa shape index (κ2) is 8.20. The molecule has 2 unspecified atom stereocenters. The van der Waals surface area contributed by atoms with E-state index in [1.807, 2.05) is 0 Å². The number of rotatable bonds is 8. The molecule has 114 valence electrons. The molecule has 1 heterocycles. The van der Waals surface area contributed by atoms with Crippen molar-refractivity contribution in [3.63, 3.8) is 0 Å². The Morgan fingerprint density at radius 2 is 2.20 bits per heavy atom. The van der Waals surface area contributed by atoms with E-state index in [1.54, 1.807) is 6.92 Å². The van der Waals surface area contributed by atoms with E-state index in [4.69, 9.17) is 4.99 Å². The number of likely N-dealkylation sites (N-methyl/N-ethyl adjacent to an activating group) is 1. The molecule has 1 amide bonds. The fraction of sp³-hybridized carbons (Fsp3) is 0.750.